The van der Waals surface area contributed by atoms with Crippen molar-refractivity contribution in [2.24, 2.45) is 0 Å². The molecule has 4 rings (SSSR count). The molecule has 1 aliphatic carbocycles. The standard InChI is InChI=1S/C24H19Cl2N3O3S/c1-28-23(31)21-16-4-2-3-5-20(16)33-24(21)29-22(30)13(12-27)10-15-7-9-19(32-15)17-11-14(25)6-8-18(17)26/h6-11H,2-5H2,1H3,(H,28,31)(H,29,30)/b13-10+. The molecule has 0 fully saturated rings. The van der Waals surface area contributed by atoms with Gasteiger partial charge in [-0.25, -0.2) is 0 Å². The SMILES string of the molecule is CNC(=O)c1c(NC(=O)/C(C#N)=C/c2ccc(-c3cc(Cl)ccc3Cl)o2)sc2c1CCCC2. The molecule has 168 valence electrons. The third-order valence-corrected chi connectivity index (χ3v) is 7.10. The number of rotatable bonds is 5. The highest BCUT2D eigenvalue weighted by Gasteiger charge is 2.26. The molecule has 0 spiro atoms. The van der Waals surface area contributed by atoms with E-state index in [1.54, 1.807) is 37.4 Å². The van der Waals surface area contributed by atoms with Crippen LogP contribution >= 0.6 is 34.5 Å². The maximum absolute atomic E-state index is 12.9. The lowest BCUT2D eigenvalue weighted by Crippen LogP contribution is -2.22. The van der Waals surface area contributed by atoms with Crippen molar-refractivity contribution in [2.75, 3.05) is 12.4 Å². The number of nitrogens with one attached hydrogen (secondary N) is 2. The Kier molecular flexibility index (Phi) is 6.89. The number of carbonyl (C=O) groups is 2. The highest BCUT2D eigenvalue weighted by molar-refractivity contribution is 7.17. The van der Waals surface area contributed by atoms with Crippen molar-refractivity contribution in [1.29, 1.82) is 5.26 Å². The topological polar surface area (TPSA) is 95.1 Å². The van der Waals surface area contributed by atoms with E-state index in [1.807, 2.05) is 6.07 Å². The van der Waals surface area contributed by atoms with Crippen LogP contribution in [0.2, 0.25) is 10.0 Å². The maximum atomic E-state index is 12.9. The Labute approximate surface area is 204 Å². The van der Waals surface area contributed by atoms with Gasteiger partial charge in [0.25, 0.3) is 11.8 Å². The van der Waals surface area contributed by atoms with E-state index in [0.717, 1.165) is 36.1 Å². The zero-order valence-electron chi connectivity index (χ0n) is 17.6. The number of amides is 2. The number of anilines is 1. The van der Waals surface area contributed by atoms with E-state index < -0.39 is 5.91 Å². The Morgan fingerprint density at radius 1 is 1.18 bits per heavy atom. The van der Waals surface area contributed by atoms with Gasteiger partial charge < -0.3 is 15.1 Å². The average molecular weight is 500 g/mol. The monoisotopic (exact) mass is 499 g/mol. The summed E-state index contributed by atoms with van der Waals surface area (Å²) in [4.78, 5) is 26.5. The highest BCUT2D eigenvalue weighted by atomic mass is 35.5. The van der Waals surface area contributed by atoms with Crippen LogP contribution < -0.4 is 10.6 Å². The molecule has 0 bridgehead atoms. The van der Waals surface area contributed by atoms with E-state index in [0.29, 0.717) is 37.7 Å². The predicted molar refractivity (Wildman–Crippen MR) is 131 cm³/mol. The molecular weight excluding hydrogens is 481 g/mol. The first-order valence-electron chi connectivity index (χ1n) is 10.3. The number of aryl methyl sites for hydroxylation is 1. The number of hydrogen-bond donors (Lipinski definition) is 2. The molecule has 2 heterocycles. The van der Waals surface area contributed by atoms with Crippen LogP contribution in [-0.4, -0.2) is 18.9 Å². The van der Waals surface area contributed by atoms with Gasteiger partial charge in [-0.2, -0.15) is 5.26 Å². The second-order valence-corrected chi connectivity index (χ2v) is 9.39. The molecule has 2 amide bonds. The number of halogens is 2. The first-order chi connectivity index (χ1) is 15.9. The second kappa shape index (κ2) is 9.84. The summed E-state index contributed by atoms with van der Waals surface area (Å²) in [6.07, 6.45) is 5.08. The average Bonchev–Trinajstić information content (AvgIpc) is 3.42. The normalized spacial score (nSPS) is 13.2. The molecule has 3 aromatic rings. The van der Waals surface area contributed by atoms with Gasteiger partial charge in [-0.3, -0.25) is 9.59 Å². The van der Waals surface area contributed by atoms with Crippen molar-refractivity contribution in [3.05, 3.63) is 67.7 Å². The van der Waals surface area contributed by atoms with Gasteiger partial charge in [-0.1, -0.05) is 23.2 Å². The smallest absolute Gasteiger partial charge is 0.267 e. The lowest BCUT2D eigenvalue weighted by atomic mass is 9.95. The Morgan fingerprint density at radius 2 is 1.97 bits per heavy atom. The summed E-state index contributed by atoms with van der Waals surface area (Å²) in [6.45, 7) is 0. The first kappa shape index (κ1) is 23.1. The molecule has 0 atom stereocenters. The van der Waals surface area contributed by atoms with Gasteiger partial charge >= 0.3 is 0 Å². The van der Waals surface area contributed by atoms with Crippen LogP contribution in [0.15, 0.2) is 40.3 Å². The van der Waals surface area contributed by atoms with Crippen LogP contribution in [0.4, 0.5) is 5.00 Å². The molecule has 1 aliphatic rings. The fourth-order valence-corrected chi connectivity index (χ4v) is 5.41. The summed E-state index contributed by atoms with van der Waals surface area (Å²) < 4.78 is 5.77. The number of carbonyl (C=O) groups excluding carboxylic acids is 2. The van der Waals surface area contributed by atoms with Crippen molar-refractivity contribution in [1.82, 2.24) is 5.32 Å². The first-order valence-corrected chi connectivity index (χ1v) is 11.8. The van der Waals surface area contributed by atoms with Gasteiger partial charge in [0.15, 0.2) is 0 Å². The van der Waals surface area contributed by atoms with Gasteiger partial charge in [-0.05, 0) is 61.6 Å². The van der Waals surface area contributed by atoms with Gasteiger partial charge in [0.1, 0.15) is 28.2 Å². The van der Waals surface area contributed by atoms with Crippen LogP contribution in [0.25, 0.3) is 17.4 Å². The molecule has 0 radical (unpaired) electrons. The summed E-state index contributed by atoms with van der Waals surface area (Å²) in [5.74, 6) is -0.0923. The number of hydrogen-bond acceptors (Lipinski definition) is 5. The lowest BCUT2D eigenvalue weighted by molar-refractivity contribution is -0.112. The van der Waals surface area contributed by atoms with E-state index in [9.17, 15) is 14.9 Å². The number of nitrogens with zero attached hydrogens (tertiary/aromatic N) is 1. The molecule has 6 nitrogen and oxygen atoms in total. The Hall–Kier alpha value is -3.05. The minimum absolute atomic E-state index is 0.151. The molecule has 0 saturated heterocycles. The Morgan fingerprint density at radius 3 is 2.73 bits per heavy atom. The molecule has 0 aliphatic heterocycles. The number of furan rings is 1. The van der Waals surface area contributed by atoms with Crippen molar-refractivity contribution in [2.45, 2.75) is 25.7 Å². The van der Waals surface area contributed by atoms with Crippen LogP contribution in [-0.2, 0) is 17.6 Å². The summed E-state index contributed by atoms with van der Waals surface area (Å²) in [6, 6.07) is 10.2. The van der Waals surface area contributed by atoms with Gasteiger partial charge in [0.2, 0.25) is 0 Å². The lowest BCUT2D eigenvalue weighted by Gasteiger charge is -2.12. The third-order valence-electron chi connectivity index (χ3n) is 5.32. The maximum Gasteiger partial charge on any atom is 0.267 e. The summed E-state index contributed by atoms with van der Waals surface area (Å²) in [5, 5.41) is 16.4. The minimum atomic E-state index is -0.611. The van der Waals surface area contributed by atoms with Crippen LogP contribution in [0.5, 0.6) is 0 Å². The number of fused-ring (bicyclic) bond motifs is 1. The van der Waals surface area contributed by atoms with Crippen LogP contribution in [0.1, 0.15) is 39.4 Å². The van der Waals surface area contributed by atoms with E-state index in [1.165, 1.54) is 17.4 Å². The van der Waals surface area contributed by atoms with Crippen molar-refractivity contribution in [3.8, 4) is 17.4 Å². The van der Waals surface area contributed by atoms with E-state index in [2.05, 4.69) is 10.6 Å². The summed E-state index contributed by atoms with van der Waals surface area (Å²) in [5.41, 5.74) is 1.92. The molecule has 9 heteroatoms. The van der Waals surface area contributed by atoms with Crippen molar-refractivity contribution in [3.63, 3.8) is 0 Å². The zero-order valence-corrected chi connectivity index (χ0v) is 20.0. The summed E-state index contributed by atoms with van der Waals surface area (Å²) in [7, 11) is 1.56. The van der Waals surface area contributed by atoms with Gasteiger partial charge in [-0.15, -0.1) is 11.3 Å². The Balaban J connectivity index is 1.61. The number of thiophene rings is 1. The molecule has 1 aromatic carbocycles. The highest BCUT2D eigenvalue weighted by Crippen LogP contribution is 2.38. The van der Waals surface area contributed by atoms with Crippen molar-refractivity contribution < 1.29 is 14.0 Å². The minimum Gasteiger partial charge on any atom is -0.457 e. The third kappa shape index (κ3) is 4.83. The molecule has 2 N–H and O–H groups in total. The second-order valence-electron chi connectivity index (χ2n) is 7.44. The van der Waals surface area contributed by atoms with Gasteiger partial charge in [0.05, 0.1) is 10.6 Å². The quantitative estimate of drug-likeness (QED) is 0.327. The molecule has 0 unspecified atom stereocenters. The molecule has 2 aromatic heterocycles. The van der Waals surface area contributed by atoms with Crippen LogP contribution in [0.3, 0.4) is 0 Å². The van der Waals surface area contributed by atoms with Crippen LogP contribution in [0, 0.1) is 11.3 Å². The fraction of sp³-hybridized carbons (Fsp3) is 0.208. The fourth-order valence-electron chi connectivity index (χ4n) is 3.74. The summed E-state index contributed by atoms with van der Waals surface area (Å²) >= 11 is 13.7. The Bertz CT molecular complexity index is 1320. The van der Waals surface area contributed by atoms with E-state index in [4.69, 9.17) is 27.6 Å². The molecule has 0 saturated carbocycles. The van der Waals surface area contributed by atoms with Crippen molar-refractivity contribution >= 4 is 57.4 Å². The van der Waals surface area contributed by atoms with E-state index >= 15 is 0 Å². The number of nitriles is 1. The van der Waals surface area contributed by atoms with Gasteiger partial charge in [0, 0.05) is 28.6 Å². The number of benzene rings is 1. The largest absolute Gasteiger partial charge is 0.457 e. The predicted octanol–water partition coefficient (Wildman–Crippen LogP) is 6.10. The van der Waals surface area contributed by atoms with E-state index in [-0.39, 0.29) is 11.5 Å². The molecular formula is C24H19Cl2N3O3S. The zero-order chi connectivity index (χ0) is 23.5. The molecule has 33 heavy (non-hydrogen) atoms.